The molecule has 4 heteroatoms. The van der Waals surface area contributed by atoms with Crippen molar-refractivity contribution in [2.24, 2.45) is 0 Å². The maximum Gasteiger partial charge on any atom is 0.129 e. The lowest BCUT2D eigenvalue weighted by Crippen LogP contribution is -2.34. The predicted octanol–water partition coefficient (Wildman–Crippen LogP) is 6.18. The maximum absolute atomic E-state index is 6.24. The monoisotopic (exact) mass is 440 g/mol. The number of benzene rings is 3. The summed E-state index contributed by atoms with van der Waals surface area (Å²) in [7, 11) is 1.77. The first kappa shape index (κ1) is 21.6. The van der Waals surface area contributed by atoms with Gasteiger partial charge < -0.3 is 19.4 Å². The van der Waals surface area contributed by atoms with E-state index in [4.69, 9.17) is 9.47 Å². The average Bonchev–Trinajstić information content (AvgIpc) is 3.31. The van der Waals surface area contributed by atoms with E-state index >= 15 is 0 Å². The standard InChI is InChI=1S/C29H32N2O2/c1-32-27-12-6-5-10-25(27)23-14-17-31(18-15-23)19-16-24-20-30-26-11-7-13-28(29(24)26)33-21-22-8-3-2-4-9-22/h2-13,20,23,30H,14-19,21H2,1H3. The number of nitrogens with one attached hydrogen (secondary N) is 1. The lowest BCUT2D eigenvalue weighted by atomic mass is 9.88. The number of aromatic amines is 1. The Bertz CT molecular complexity index is 1180. The van der Waals surface area contributed by atoms with Gasteiger partial charge in [-0.15, -0.1) is 0 Å². The van der Waals surface area contributed by atoms with Crippen LogP contribution < -0.4 is 9.47 Å². The number of likely N-dealkylation sites (tertiary alicyclic amines) is 1. The van der Waals surface area contributed by atoms with Crippen LogP contribution in [0.4, 0.5) is 0 Å². The van der Waals surface area contributed by atoms with Crippen LogP contribution in [0, 0.1) is 0 Å². The molecule has 4 aromatic rings. The van der Waals surface area contributed by atoms with Gasteiger partial charge in [0.2, 0.25) is 0 Å². The summed E-state index contributed by atoms with van der Waals surface area (Å²) in [6.07, 6.45) is 5.53. The Morgan fingerprint density at radius 1 is 0.879 bits per heavy atom. The summed E-state index contributed by atoms with van der Waals surface area (Å²) < 4.78 is 11.8. The molecular weight excluding hydrogens is 408 g/mol. The van der Waals surface area contributed by atoms with Crippen molar-refractivity contribution < 1.29 is 9.47 Å². The van der Waals surface area contributed by atoms with Crippen molar-refractivity contribution in [2.75, 3.05) is 26.7 Å². The molecular formula is C29H32N2O2. The first-order valence-electron chi connectivity index (χ1n) is 11.9. The van der Waals surface area contributed by atoms with E-state index in [0.29, 0.717) is 12.5 Å². The zero-order valence-corrected chi connectivity index (χ0v) is 19.3. The van der Waals surface area contributed by atoms with Crippen molar-refractivity contribution in [1.29, 1.82) is 0 Å². The Morgan fingerprint density at radius 2 is 1.64 bits per heavy atom. The van der Waals surface area contributed by atoms with E-state index < -0.39 is 0 Å². The van der Waals surface area contributed by atoms with Crippen molar-refractivity contribution >= 4 is 10.9 Å². The third-order valence-electron chi connectivity index (χ3n) is 6.85. The Balaban J connectivity index is 1.21. The van der Waals surface area contributed by atoms with E-state index in [-0.39, 0.29) is 0 Å². The number of aromatic nitrogens is 1. The summed E-state index contributed by atoms with van der Waals surface area (Å²) >= 11 is 0. The summed E-state index contributed by atoms with van der Waals surface area (Å²) in [5, 5.41) is 1.22. The van der Waals surface area contributed by atoms with Gasteiger partial charge in [0.1, 0.15) is 18.1 Å². The van der Waals surface area contributed by atoms with Gasteiger partial charge in [-0.3, -0.25) is 0 Å². The molecule has 0 saturated carbocycles. The molecule has 4 nitrogen and oxygen atoms in total. The van der Waals surface area contributed by atoms with Crippen molar-refractivity contribution in [3.63, 3.8) is 0 Å². The van der Waals surface area contributed by atoms with E-state index in [9.17, 15) is 0 Å². The Morgan fingerprint density at radius 3 is 2.45 bits per heavy atom. The van der Waals surface area contributed by atoms with Crippen LogP contribution in [-0.2, 0) is 13.0 Å². The molecule has 0 atom stereocenters. The molecule has 170 valence electrons. The average molecular weight is 441 g/mol. The van der Waals surface area contributed by atoms with Gasteiger partial charge in [0.25, 0.3) is 0 Å². The highest BCUT2D eigenvalue weighted by Crippen LogP contribution is 2.34. The van der Waals surface area contributed by atoms with Crippen LogP contribution in [0.5, 0.6) is 11.5 Å². The van der Waals surface area contributed by atoms with Gasteiger partial charge in [-0.1, -0.05) is 54.6 Å². The SMILES string of the molecule is COc1ccccc1C1CCN(CCc2c[nH]c3cccc(OCc4ccccc4)c23)CC1. The quantitative estimate of drug-likeness (QED) is 0.356. The van der Waals surface area contributed by atoms with E-state index in [1.165, 1.54) is 34.9 Å². The van der Waals surface area contributed by atoms with Crippen molar-refractivity contribution in [3.05, 3.63) is 95.7 Å². The number of rotatable bonds is 8. The molecule has 33 heavy (non-hydrogen) atoms. The minimum absolute atomic E-state index is 0.584. The largest absolute Gasteiger partial charge is 0.496 e. The highest BCUT2D eigenvalue weighted by molar-refractivity contribution is 5.89. The lowest BCUT2D eigenvalue weighted by molar-refractivity contribution is 0.213. The minimum atomic E-state index is 0.584. The Kier molecular flexibility index (Phi) is 6.63. The molecule has 1 aromatic heterocycles. The van der Waals surface area contributed by atoms with Crippen LogP contribution >= 0.6 is 0 Å². The molecule has 1 fully saturated rings. The number of H-pyrrole nitrogens is 1. The summed E-state index contributed by atoms with van der Waals surface area (Å²) in [4.78, 5) is 6.04. The summed E-state index contributed by atoms with van der Waals surface area (Å²) in [6.45, 7) is 3.91. The van der Waals surface area contributed by atoms with Crippen LogP contribution in [0.2, 0.25) is 0 Å². The van der Waals surface area contributed by atoms with Crippen LogP contribution in [0.25, 0.3) is 10.9 Å². The fraction of sp³-hybridized carbons (Fsp3) is 0.310. The molecule has 0 bridgehead atoms. The zero-order chi connectivity index (χ0) is 22.5. The number of fused-ring (bicyclic) bond motifs is 1. The molecule has 5 rings (SSSR count). The molecule has 0 amide bonds. The van der Waals surface area contributed by atoms with Crippen LogP contribution in [-0.4, -0.2) is 36.6 Å². The molecule has 1 aliphatic heterocycles. The first-order chi connectivity index (χ1) is 16.3. The number of methoxy groups -OCH3 is 1. The van der Waals surface area contributed by atoms with Crippen molar-refractivity contribution in [2.45, 2.75) is 31.8 Å². The zero-order valence-electron chi connectivity index (χ0n) is 19.3. The first-order valence-corrected chi connectivity index (χ1v) is 11.9. The fourth-order valence-corrected chi connectivity index (χ4v) is 5.02. The second kappa shape index (κ2) is 10.1. The molecule has 0 aliphatic carbocycles. The molecule has 3 aromatic carbocycles. The van der Waals surface area contributed by atoms with Crippen LogP contribution in [0.1, 0.15) is 35.4 Å². The molecule has 0 spiro atoms. The fourth-order valence-electron chi connectivity index (χ4n) is 5.02. The van der Waals surface area contributed by atoms with Crippen molar-refractivity contribution in [3.8, 4) is 11.5 Å². The van der Waals surface area contributed by atoms with Gasteiger partial charge in [0, 0.05) is 23.6 Å². The highest BCUT2D eigenvalue weighted by atomic mass is 16.5. The second-order valence-electron chi connectivity index (χ2n) is 8.87. The number of hydrogen-bond acceptors (Lipinski definition) is 3. The van der Waals surface area contributed by atoms with E-state index in [1.807, 2.05) is 6.07 Å². The molecule has 0 radical (unpaired) electrons. The smallest absolute Gasteiger partial charge is 0.129 e. The normalized spacial score (nSPS) is 15.1. The van der Waals surface area contributed by atoms with Gasteiger partial charge in [0.15, 0.2) is 0 Å². The third-order valence-corrected chi connectivity index (χ3v) is 6.85. The number of piperidine rings is 1. The van der Waals surface area contributed by atoms with E-state index in [2.05, 4.69) is 82.8 Å². The lowest BCUT2D eigenvalue weighted by Gasteiger charge is -2.32. The molecule has 2 heterocycles. The highest BCUT2D eigenvalue weighted by Gasteiger charge is 2.23. The molecule has 0 unspecified atom stereocenters. The minimum Gasteiger partial charge on any atom is -0.496 e. The molecule has 1 aliphatic rings. The van der Waals surface area contributed by atoms with Crippen LogP contribution in [0.15, 0.2) is 79.0 Å². The van der Waals surface area contributed by atoms with Crippen LogP contribution in [0.3, 0.4) is 0 Å². The topological polar surface area (TPSA) is 37.5 Å². The second-order valence-corrected chi connectivity index (χ2v) is 8.87. The van der Waals surface area contributed by atoms with Gasteiger partial charge in [-0.2, -0.15) is 0 Å². The number of ether oxygens (including phenoxy) is 2. The number of para-hydroxylation sites is 1. The van der Waals surface area contributed by atoms with Gasteiger partial charge >= 0.3 is 0 Å². The summed E-state index contributed by atoms with van der Waals surface area (Å²) in [6, 6.07) is 25.1. The van der Waals surface area contributed by atoms with Gasteiger partial charge in [-0.05, 0) is 73.2 Å². The predicted molar refractivity (Wildman–Crippen MR) is 134 cm³/mol. The van der Waals surface area contributed by atoms with Gasteiger partial charge in [-0.25, -0.2) is 0 Å². The van der Waals surface area contributed by atoms with E-state index in [0.717, 1.165) is 43.1 Å². The van der Waals surface area contributed by atoms with Gasteiger partial charge in [0.05, 0.1) is 7.11 Å². The van der Waals surface area contributed by atoms with Crippen molar-refractivity contribution in [1.82, 2.24) is 9.88 Å². The summed E-state index contributed by atoms with van der Waals surface area (Å²) in [5.74, 6) is 2.57. The number of hydrogen-bond donors (Lipinski definition) is 1. The molecule has 1 saturated heterocycles. The Hall–Kier alpha value is -3.24. The van der Waals surface area contributed by atoms with E-state index in [1.54, 1.807) is 7.11 Å². The third kappa shape index (κ3) is 4.91. The number of nitrogens with zero attached hydrogens (tertiary/aromatic N) is 1. The maximum atomic E-state index is 6.24. The summed E-state index contributed by atoms with van der Waals surface area (Å²) in [5.41, 5.74) is 5.02. The molecule has 1 N–H and O–H groups in total. The Labute approximate surface area is 196 Å².